The Labute approximate surface area is 206 Å². The van der Waals surface area contributed by atoms with Gasteiger partial charge in [0.05, 0.1) is 10.6 Å². The summed E-state index contributed by atoms with van der Waals surface area (Å²) >= 11 is 6.12. The van der Waals surface area contributed by atoms with Crippen molar-refractivity contribution in [2.45, 2.75) is 44.2 Å². The number of hydrogen-bond donors (Lipinski definition) is 1. The summed E-state index contributed by atoms with van der Waals surface area (Å²) in [4.78, 5) is 16.6. The van der Waals surface area contributed by atoms with Gasteiger partial charge in [-0.2, -0.15) is 5.26 Å². The van der Waals surface area contributed by atoms with Crippen LogP contribution in [0.5, 0.6) is 5.75 Å². The Morgan fingerprint density at radius 3 is 2.41 bits per heavy atom. The first-order chi connectivity index (χ1) is 16.5. The van der Waals surface area contributed by atoms with E-state index in [4.69, 9.17) is 21.6 Å². The second-order valence-corrected chi connectivity index (χ2v) is 9.80. The van der Waals surface area contributed by atoms with Crippen LogP contribution < -0.4 is 4.74 Å². The molecule has 0 amide bonds. The highest BCUT2D eigenvalue weighted by Gasteiger charge is 2.31. The lowest BCUT2D eigenvalue weighted by atomic mass is 9.93. The first-order valence-electron chi connectivity index (χ1n) is 12.1. The molecule has 0 spiro atoms. The SMILES string of the molecule is N#Cc1ccc(OC2CCN(CC3CCN(C(Cc4ccccc4)C(=O)O)CC3)CC2)cc1Cl. The summed E-state index contributed by atoms with van der Waals surface area (Å²) in [7, 11) is 0. The van der Waals surface area contributed by atoms with Crippen LogP contribution in [-0.2, 0) is 11.2 Å². The molecule has 1 N–H and O–H groups in total. The van der Waals surface area contributed by atoms with Crippen LogP contribution in [0.3, 0.4) is 0 Å². The van der Waals surface area contributed by atoms with E-state index in [1.165, 1.54) is 0 Å². The van der Waals surface area contributed by atoms with Gasteiger partial charge in [-0.3, -0.25) is 9.69 Å². The summed E-state index contributed by atoms with van der Waals surface area (Å²) in [6.45, 7) is 4.75. The number of aliphatic carboxylic acids is 1. The van der Waals surface area contributed by atoms with Gasteiger partial charge in [-0.15, -0.1) is 0 Å². The molecule has 2 aliphatic heterocycles. The molecule has 2 saturated heterocycles. The number of nitriles is 1. The van der Waals surface area contributed by atoms with Crippen LogP contribution in [0.15, 0.2) is 48.5 Å². The standard InChI is InChI=1S/C27H32ClN3O3/c28-25-17-24(7-6-22(25)18-29)34-23-10-12-30(13-11-23)19-21-8-14-31(15-9-21)26(27(32)33)16-20-4-2-1-3-5-20/h1-7,17,21,23,26H,8-16,19H2,(H,32,33). The molecule has 2 fully saturated rings. The summed E-state index contributed by atoms with van der Waals surface area (Å²) in [6.07, 6.45) is 4.73. The van der Waals surface area contributed by atoms with E-state index in [1.54, 1.807) is 12.1 Å². The van der Waals surface area contributed by atoms with E-state index >= 15 is 0 Å². The fourth-order valence-corrected chi connectivity index (χ4v) is 5.30. The zero-order valence-corrected chi connectivity index (χ0v) is 20.2. The lowest BCUT2D eigenvalue weighted by Crippen LogP contribution is -2.48. The van der Waals surface area contributed by atoms with Crippen molar-refractivity contribution in [1.82, 2.24) is 9.80 Å². The number of carbonyl (C=O) groups is 1. The minimum Gasteiger partial charge on any atom is -0.490 e. The number of rotatable bonds is 8. The number of likely N-dealkylation sites (tertiary alicyclic amines) is 2. The molecule has 0 saturated carbocycles. The Morgan fingerprint density at radius 1 is 1.09 bits per heavy atom. The van der Waals surface area contributed by atoms with Crippen LogP contribution in [0.4, 0.5) is 0 Å². The van der Waals surface area contributed by atoms with Crippen LogP contribution in [0.2, 0.25) is 5.02 Å². The van der Waals surface area contributed by atoms with E-state index in [9.17, 15) is 9.90 Å². The van der Waals surface area contributed by atoms with Crippen molar-refractivity contribution in [2.75, 3.05) is 32.7 Å². The van der Waals surface area contributed by atoms with Gasteiger partial charge >= 0.3 is 5.97 Å². The average molecular weight is 482 g/mol. The lowest BCUT2D eigenvalue weighted by molar-refractivity contribution is -0.144. The number of ether oxygens (including phenoxy) is 1. The highest BCUT2D eigenvalue weighted by molar-refractivity contribution is 6.31. The lowest BCUT2D eigenvalue weighted by Gasteiger charge is -2.39. The predicted molar refractivity (Wildman–Crippen MR) is 132 cm³/mol. The van der Waals surface area contributed by atoms with E-state index in [1.807, 2.05) is 36.4 Å². The summed E-state index contributed by atoms with van der Waals surface area (Å²) in [6, 6.07) is 16.8. The van der Waals surface area contributed by atoms with E-state index in [0.717, 1.165) is 69.7 Å². The van der Waals surface area contributed by atoms with Crippen molar-refractivity contribution in [1.29, 1.82) is 5.26 Å². The average Bonchev–Trinajstić information content (AvgIpc) is 2.85. The monoisotopic (exact) mass is 481 g/mol. The van der Waals surface area contributed by atoms with Gasteiger partial charge in [0, 0.05) is 25.7 Å². The van der Waals surface area contributed by atoms with Crippen LogP contribution in [0.25, 0.3) is 0 Å². The molecule has 34 heavy (non-hydrogen) atoms. The van der Waals surface area contributed by atoms with Gasteiger partial charge in [-0.1, -0.05) is 41.9 Å². The van der Waals surface area contributed by atoms with Crippen LogP contribution >= 0.6 is 11.6 Å². The van der Waals surface area contributed by atoms with Gasteiger partial charge in [-0.05, 0) is 68.8 Å². The molecule has 2 aromatic carbocycles. The van der Waals surface area contributed by atoms with Crippen molar-refractivity contribution >= 4 is 17.6 Å². The molecule has 2 aromatic rings. The molecule has 1 unspecified atom stereocenters. The van der Waals surface area contributed by atoms with Gasteiger partial charge in [0.1, 0.15) is 24.0 Å². The van der Waals surface area contributed by atoms with Crippen LogP contribution in [0, 0.1) is 17.2 Å². The Bertz CT molecular complexity index is 994. The second-order valence-electron chi connectivity index (χ2n) is 9.39. The molecule has 0 aromatic heterocycles. The molecule has 7 heteroatoms. The highest BCUT2D eigenvalue weighted by atomic mass is 35.5. The molecular weight excluding hydrogens is 450 g/mol. The summed E-state index contributed by atoms with van der Waals surface area (Å²) in [5.41, 5.74) is 1.54. The van der Waals surface area contributed by atoms with Gasteiger partial charge < -0.3 is 14.7 Å². The van der Waals surface area contributed by atoms with Crippen LogP contribution in [0.1, 0.15) is 36.8 Å². The maximum absolute atomic E-state index is 11.9. The third kappa shape index (κ3) is 6.50. The van der Waals surface area contributed by atoms with E-state index in [2.05, 4.69) is 15.9 Å². The van der Waals surface area contributed by atoms with Crippen LogP contribution in [-0.4, -0.2) is 65.7 Å². The third-order valence-electron chi connectivity index (χ3n) is 7.06. The Balaban J connectivity index is 1.20. The molecular formula is C27H32ClN3O3. The Hall–Kier alpha value is -2.59. The maximum Gasteiger partial charge on any atom is 0.321 e. The van der Waals surface area contributed by atoms with Gasteiger partial charge in [0.2, 0.25) is 0 Å². The summed E-state index contributed by atoms with van der Waals surface area (Å²) in [5, 5.41) is 19.2. The topological polar surface area (TPSA) is 76.8 Å². The first kappa shape index (κ1) is 24.5. The van der Waals surface area contributed by atoms with Crippen molar-refractivity contribution in [2.24, 2.45) is 5.92 Å². The summed E-state index contributed by atoms with van der Waals surface area (Å²) in [5.74, 6) is 0.600. The molecule has 4 rings (SSSR count). The normalized spacial score (nSPS) is 19.4. The highest BCUT2D eigenvalue weighted by Crippen LogP contribution is 2.27. The number of piperidine rings is 2. The van der Waals surface area contributed by atoms with E-state index in [0.29, 0.717) is 22.9 Å². The maximum atomic E-state index is 11.9. The third-order valence-corrected chi connectivity index (χ3v) is 7.37. The Kier molecular flexibility index (Phi) is 8.44. The Morgan fingerprint density at radius 2 is 1.79 bits per heavy atom. The van der Waals surface area contributed by atoms with E-state index in [-0.39, 0.29) is 6.10 Å². The molecule has 2 aliphatic rings. The zero-order chi connectivity index (χ0) is 23.9. The fourth-order valence-electron chi connectivity index (χ4n) is 5.08. The molecule has 180 valence electrons. The first-order valence-corrected chi connectivity index (χ1v) is 12.5. The fraction of sp³-hybridized carbons (Fsp3) is 0.481. The molecule has 0 aliphatic carbocycles. The van der Waals surface area contributed by atoms with Crippen molar-refractivity contribution in [3.05, 3.63) is 64.7 Å². The molecule has 6 nitrogen and oxygen atoms in total. The largest absolute Gasteiger partial charge is 0.490 e. The van der Waals surface area contributed by atoms with E-state index < -0.39 is 12.0 Å². The number of carboxylic acid groups (broad SMARTS) is 1. The van der Waals surface area contributed by atoms with Crippen molar-refractivity contribution < 1.29 is 14.6 Å². The molecule has 1 atom stereocenters. The molecule has 0 radical (unpaired) electrons. The number of halogens is 1. The molecule has 0 bridgehead atoms. The minimum atomic E-state index is -0.729. The minimum absolute atomic E-state index is 0.163. The predicted octanol–water partition coefficient (Wildman–Crippen LogP) is 4.46. The van der Waals surface area contributed by atoms with Gasteiger partial charge in [0.25, 0.3) is 0 Å². The molecule has 2 heterocycles. The van der Waals surface area contributed by atoms with Gasteiger partial charge in [-0.25, -0.2) is 0 Å². The van der Waals surface area contributed by atoms with Crippen molar-refractivity contribution in [3.63, 3.8) is 0 Å². The number of benzene rings is 2. The van der Waals surface area contributed by atoms with Crippen molar-refractivity contribution in [3.8, 4) is 11.8 Å². The smallest absolute Gasteiger partial charge is 0.321 e. The van der Waals surface area contributed by atoms with Gasteiger partial charge in [0.15, 0.2) is 0 Å². The second kappa shape index (κ2) is 11.7. The number of hydrogen-bond acceptors (Lipinski definition) is 5. The number of nitrogens with zero attached hydrogens (tertiary/aromatic N) is 3. The zero-order valence-electron chi connectivity index (χ0n) is 19.4. The number of carboxylic acids is 1. The quantitative estimate of drug-likeness (QED) is 0.599. The summed E-state index contributed by atoms with van der Waals surface area (Å²) < 4.78 is 6.10.